The lowest BCUT2D eigenvalue weighted by atomic mass is 10.2. The zero-order valence-electron chi connectivity index (χ0n) is 12.5. The Labute approximate surface area is 120 Å². The van der Waals surface area contributed by atoms with Gasteiger partial charge in [-0.3, -0.25) is 4.57 Å². The van der Waals surface area contributed by atoms with Crippen LogP contribution in [0.4, 0.5) is 0 Å². The lowest BCUT2D eigenvalue weighted by Crippen LogP contribution is -2.10. The topological polar surface area (TPSA) is 54.0 Å². The molecule has 0 radical (unpaired) electrons. The van der Waals surface area contributed by atoms with Crippen LogP contribution >= 0.6 is 7.60 Å². The summed E-state index contributed by atoms with van der Waals surface area (Å²) in [5.74, 6) is 0.00459. The van der Waals surface area contributed by atoms with E-state index in [2.05, 4.69) is 0 Å². The molecule has 0 fully saturated rings. The summed E-state index contributed by atoms with van der Waals surface area (Å²) in [5, 5.41) is 0. The molecule has 0 aliphatic rings. The maximum atomic E-state index is 12.9. The third kappa shape index (κ3) is 4.32. The smallest absolute Gasteiger partial charge is 0.363 e. The van der Waals surface area contributed by atoms with Gasteiger partial charge in [0, 0.05) is 6.61 Å². The van der Waals surface area contributed by atoms with Crippen LogP contribution in [-0.2, 0) is 18.3 Å². The van der Waals surface area contributed by atoms with E-state index in [9.17, 15) is 4.57 Å². The van der Waals surface area contributed by atoms with Crippen molar-refractivity contribution < 1.29 is 23.1 Å². The van der Waals surface area contributed by atoms with E-state index in [0.29, 0.717) is 19.8 Å². The first kappa shape index (κ1) is 17.2. The van der Waals surface area contributed by atoms with Crippen LogP contribution < -0.4 is 4.74 Å². The number of hydrogen-bond acceptors (Lipinski definition) is 5. The first-order valence-corrected chi connectivity index (χ1v) is 8.36. The number of ether oxygens (including phenoxy) is 2. The molecule has 1 aromatic rings. The van der Waals surface area contributed by atoms with Crippen molar-refractivity contribution in [3.05, 3.63) is 29.8 Å². The molecule has 0 bridgehead atoms. The summed E-state index contributed by atoms with van der Waals surface area (Å²) in [5.41, 5.74) is 0.748. The number of methoxy groups -OCH3 is 1. The summed E-state index contributed by atoms with van der Waals surface area (Å²) < 4.78 is 34.3. The van der Waals surface area contributed by atoms with Crippen LogP contribution in [0.15, 0.2) is 24.3 Å². The number of rotatable bonds is 9. The first-order valence-electron chi connectivity index (χ1n) is 6.75. The first-order chi connectivity index (χ1) is 9.61. The minimum atomic E-state index is -3.35. The van der Waals surface area contributed by atoms with Gasteiger partial charge in [0.2, 0.25) is 0 Å². The van der Waals surface area contributed by atoms with Crippen LogP contribution in [0.1, 0.15) is 32.2 Å². The average molecular weight is 302 g/mol. The minimum Gasteiger partial charge on any atom is -0.497 e. The third-order valence-electron chi connectivity index (χ3n) is 2.63. The van der Waals surface area contributed by atoms with Crippen LogP contribution in [0.2, 0.25) is 0 Å². The van der Waals surface area contributed by atoms with Crippen LogP contribution in [0, 0.1) is 0 Å². The molecule has 1 aromatic carbocycles. The second-order valence-corrected chi connectivity index (χ2v) is 6.02. The van der Waals surface area contributed by atoms with Gasteiger partial charge in [0.05, 0.1) is 20.3 Å². The fourth-order valence-electron chi connectivity index (χ4n) is 1.83. The molecule has 1 unspecified atom stereocenters. The zero-order chi connectivity index (χ0) is 15.0. The van der Waals surface area contributed by atoms with Crippen molar-refractivity contribution in [2.75, 3.05) is 26.9 Å². The van der Waals surface area contributed by atoms with E-state index in [0.717, 1.165) is 11.3 Å². The summed E-state index contributed by atoms with van der Waals surface area (Å²) in [6, 6.07) is 7.21. The fourth-order valence-corrected chi connectivity index (χ4v) is 3.76. The quantitative estimate of drug-likeness (QED) is 0.645. The van der Waals surface area contributed by atoms with Gasteiger partial charge < -0.3 is 18.5 Å². The van der Waals surface area contributed by atoms with Gasteiger partial charge in [0.15, 0.2) is 5.85 Å². The molecule has 6 heteroatoms. The highest BCUT2D eigenvalue weighted by molar-refractivity contribution is 7.54. The van der Waals surface area contributed by atoms with Crippen LogP contribution in [-0.4, -0.2) is 26.9 Å². The summed E-state index contributed by atoms with van der Waals surface area (Å²) in [6.45, 7) is 6.43. The highest BCUT2D eigenvalue weighted by Crippen LogP contribution is 2.61. The Kier molecular flexibility index (Phi) is 7.24. The second kappa shape index (κ2) is 8.42. The zero-order valence-corrected chi connectivity index (χ0v) is 13.4. The SMILES string of the molecule is CCOC(c1ccc(OC)cc1)P(=O)(OCC)OCC. The molecule has 114 valence electrons. The molecule has 0 aliphatic heterocycles. The molecular formula is C14H23O5P. The summed E-state index contributed by atoms with van der Waals surface area (Å²) >= 11 is 0. The lowest BCUT2D eigenvalue weighted by molar-refractivity contribution is 0.0782. The van der Waals surface area contributed by atoms with Gasteiger partial charge >= 0.3 is 7.60 Å². The van der Waals surface area contributed by atoms with Crippen molar-refractivity contribution in [2.45, 2.75) is 26.6 Å². The van der Waals surface area contributed by atoms with Crippen molar-refractivity contribution >= 4 is 7.60 Å². The van der Waals surface area contributed by atoms with Gasteiger partial charge in [-0.05, 0) is 38.5 Å². The molecule has 20 heavy (non-hydrogen) atoms. The van der Waals surface area contributed by atoms with Gasteiger partial charge in [-0.25, -0.2) is 0 Å². The van der Waals surface area contributed by atoms with Crippen molar-refractivity contribution in [3.63, 3.8) is 0 Å². The summed E-state index contributed by atoms with van der Waals surface area (Å²) in [6.07, 6.45) is 0. The Morgan fingerprint density at radius 2 is 1.55 bits per heavy atom. The predicted molar refractivity (Wildman–Crippen MR) is 78.2 cm³/mol. The fraction of sp³-hybridized carbons (Fsp3) is 0.571. The Balaban J connectivity index is 3.09. The third-order valence-corrected chi connectivity index (χ3v) is 4.89. The van der Waals surface area contributed by atoms with Gasteiger partial charge in [-0.15, -0.1) is 0 Å². The molecular weight excluding hydrogens is 279 g/mol. The maximum Gasteiger partial charge on any atom is 0.363 e. The summed E-state index contributed by atoms with van der Waals surface area (Å²) in [7, 11) is -1.76. The molecule has 0 saturated carbocycles. The van der Waals surface area contributed by atoms with Gasteiger partial charge in [0.25, 0.3) is 0 Å². The van der Waals surface area contributed by atoms with E-state index in [1.54, 1.807) is 33.1 Å². The molecule has 0 N–H and O–H groups in total. The van der Waals surface area contributed by atoms with E-state index in [1.165, 1.54) is 0 Å². The van der Waals surface area contributed by atoms with Crippen LogP contribution in [0.5, 0.6) is 5.75 Å². The minimum absolute atomic E-state index is 0.303. The lowest BCUT2D eigenvalue weighted by Gasteiger charge is -2.26. The predicted octanol–water partition coefficient (Wildman–Crippen LogP) is 4.00. The molecule has 0 saturated heterocycles. The van der Waals surface area contributed by atoms with Crippen LogP contribution in [0.25, 0.3) is 0 Å². The molecule has 0 heterocycles. The molecule has 1 atom stereocenters. The van der Waals surface area contributed by atoms with Crippen molar-refractivity contribution in [1.29, 1.82) is 0 Å². The number of benzene rings is 1. The molecule has 1 rings (SSSR count). The highest BCUT2D eigenvalue weighted by Gasteiger charge is 2.37. The Hall–Kier alpha value is -0.870. The standard InChI is InChI=1S/C14H23O5P/c1-5-17-14(20(15,18-6-2)19-7-3)12-8-10-13(16-4)11-9-12/h8-11,14H,5-7H2,1-4H3. The average Bonchev–Trinajstić information content (AvgIpc) is 2.45. The van der Waals surface area contributed by atoms with E-state index >= 15 is 0 Å². The Bertz CT molecular complexity index is 422. The van der Waals surface area contributed by atoms with E-state index in [1.807, 2.05) is 19.1 Å². The number of hydrogen-bond donors (Lipinski definition) is 0. The molecule has 0 amide bonds. The van der Waals surface area contributed by atoms with Gasteiger partial charge in [0.1, 0.15) is 5.75 Å². The van der Waals surface area contributed by atoms with E-state index in [-0.39, 0.29) is 0 Å². The second-order valence-electron chi connectivity index (χ2n) is 3.96. The van der Waals surface area contributed by atoms with Crippen molar-refractivity contribution in [1.82, 2.24) is 0 Å². The summed E-state index contributed by atoms with van der Waals surface area (Å²) in [4.78, 5) is 0. The Morgan fingerprint density at radius 1 is 1.00 bits per heavy atom. The van der Waals surface area contributed by atoms with Gasteiger partial charge in [-0.1, -0.05) is 12.1 Å². The van der Waals surface area contributed by atoms with Crippen LogP contribution in [0.3, 0.4) is 0 Å². The van der Waals surface area contributed by atoms with Gasteiger partial charge in [-0.2, -0.15) is 0 Å². The highest BCUT2D eigenvalue weighted by atomic mass is 31.2. The largest absolute Gasteiger partial charge is 0.497 e. The molecule has 5 nitrogen and oxygen atoms in total. The van der Waals surface area contributed by atoms with Crippen molar-refractivity contribution in [3.8, 4) is 5.75 Å². The molecule has 0 spiro atoms. The van der Waals surface area contributed by atoms with Crippen molar-refractivity contribution in [2.24, 2.45) is 0 Å². The Morgan fingerprint density at radius 3 is 1.95 bits per heavy atom. The van der Waals surface area contributed by atoms with E-state index < -0.39 is 13.4 Å². The normalized spacial score (nSPS) is 13.2. The monoisotopic (exact) mass is 302 g/mol. The maximum absolute atomic E-state index is 12.9. The molecule has 0 aromatic heterocycles. The van der Waals surface area contributed by atoms with E-state index in [4.69, 9.17) is 18.5 Å². The molecule has 0 aliphatic carbocycles.